The van der Waals surface area contributed by atoms with Crippen molar-refractivity contribution in [2.75, 3.05) is 12.4 Å². The van der Waals surface area contributed by atoms with Crippen LogP contribution in [0.2, 0.25) is 0 Å². The van der Waals surface area contributed by atoms with Crippen LogP contribution >= 0.6 is 15.9 Å². The minimum atomic E-state index is -0.444. The Balaban J connectivity index is 2.29. The van der Waals surface area contributed by atoms with Crippen molar-refractivity contribution in [1.82, 2.24) is 0 Å². The number of hydrogen-bond donors (Lipinski definition) is 1. The number of ether oxygens (including phenoxy) is 1. The molecule has 0 aromatic heterocycles. The van der Waals surface area contributed by atoms with Crippen LogP contribution in [0.3, 0.4) is 0 Å². The zero-order valence-electron chi connectivity index (χ0n) is 12.8. The number of rotatable bonds is 4. The van der Waals surface area contributed by atoms with E-state index < -0.39 is 5.91 Å². The summed E-state index contributed by atoms with van der Waals surface area (Å²) in [4.78, 5) is 12.3. The van der Waals surface area contributed by atoms with Crippen molar-refractivity contribution in [1.29, 1.82) is 5.26 Å². The second-order valence-corrected chi connectivity index (χ2v) is 5.78. The van der Waals surface area contributed by atoms with E-state index in [2.05, 4.69) is 21.2 Å². The third-order valence-electron chi connectivity index (χ3n) is 3.20. The Bertz CT molecular complexity index is 807. The van der Waals surface area contributed by atoms with Gasteiger partial charge in [0, 0.05) is 10.2 Å². The van der Waals surface area contributed by atoms with E-state index >= 15 is 0 Å². The quantitative estimate of drug-likeness (QED) is 0.644. The highest BCUT2D eigenvalue weighted by Crippen LogP contribution is 2.23. The maximum absolute atomic E-state index is 12.3. The molecule has 0 unspecified atom stereocenters. The minimum absolute atomic E-state index is 0.0217. The monoisotopic (exact) mass is 370 g/mol. The van der Waals surface area contributed by atoms with Crippen LogP contribution in [0, 0.1) is 18.3 Å². The average molecular weight is 371 g/mol. The largest absolute Gasteiger partial charge is 0.497 e. The Hall–Kier alpha value is -2.58. The van der Waals surface area contributed by atoms with Crippen molar-refractivity contribution in [2.24, 2.45) is 0 Å². The van der Waals surface area contributed by atoms with E-state index in [0.717, 1.165) is 10.0 Å². The lowest BCUT2D eigenvalue weighted by Crippen LogP contribution is -2.14. The van der Waals surface area contributed by atoms with E-state index in [-0.39, 0.29) is 5.57 Å². The molecule has 1 N–H and O–H groups in total. The van der Waals surface area contributed by atoms with Crippen LogP contribution in [0.5, 0.6) is 5.75 Å². The lowest BCUT2D eigenvalue weighted by molar-refractivity contribution is -0.112. The zero-order chi connectivity index (χ0) is 16.8. The number of carbonyl (C=O) groups excluding carboxylic acids is 1. The van der Waals surface area contributed by atoms with Crippen LogP contribution in [-0.2, 0) is 4.79 Å². The number of para-hydroxylation sites is 1. The summed E-state index contributed by atoms with van der Waals surface area (Å²) in [7, 11) is 1.56. The summed E-state index contributed by atoms with van der Waals surface area (Å²) in [5, 5.41) is 12.0. The molecule has 0 aliphatic rings. The fourth-order valence-corrected chi connectivity index (χ4v) is 2.49. The van der Waals surface area contributed by atoms with Crippen molar-refractivity contribution < 1.29 is 9.53 Å². The number of hydrogen-bond acceptors (Lipinski definition) is 3. The molecule has 23 heavy (non-hydrogen) atoms. The van der Waals surface area contributed by atoms with E-state index in [0.29, 0.717) is 17.0 Å². The van der Waals surface area contributed by atoms with Crippen molar-refractivity contribution in [3.63, 3.8) is 0 Å². The molecule has 2 aromatic carbocycles. The molecule has 0 spiro atoms. The normalized spacial score (nSPS) is 10.8. The predicted octanol–water partition coefficient (Wildman–Crippen LogP) is 4.31. The van der Waals surface area contributed by atoms with Gasteiger partial charge in [-0.1, -0.05) is 34.1 Å². The molecule has 4 nitrogen and oxygen atoms in total. The highest BCUT2D eigenvalue weighted by atomic mass is 79.9. The van der Waals surface area contributed by atoms with Gasteiger partial charge in [-0.25, -0.2) is 0 Å². The maximum Gasteiger partial charge on any atom is 0.266 e. The highest BCUT2D eigenvalue weighted by Gasteiger charge is 2.11. The molecule has 0 aliphatic carbocycles. The Kier molecular flexibility index (Phi) is 5.56. The smallest absolute Gasteiger partial charge is 0.266 e. The van der Waals surface area contributed by atoms with E-state index in [1.54, 1.807) is 31.4 Å². The van der Waals surface area contributed by atoms with Gasteiger partial charge in [0.2, 0.25) is 0 Å². The molecule has 116 valence electrons. The topological polar surface area (TPSA) is 62.1 Å². The summed E-state index contributed by atoms with van der Waals surface area (Å²) < 4.78 is 5.99. The van der Waals surface area contributed by atoms with E-state index in [1.165, 1.54) is 6.08 Å². The van der Waals surface area contributed by atoms with Gasteiger partial charge in [-0.15, -0.1) is 0 Å². The average Bonchev–Trinajstić information content (AvgIpc) is 2.54. The van der Waals surface area contributed by atoms with Crippen LogP contribution in [0.1, 0.15) is 11.1 Å². The van der Waals surface area contributed by atoms with Gasteiger partial charge in [-0.2, -0.15) is 5.26 Å². The van der Waals surface area contributed by atoms with Gasteiger partial charge in [0.1, 0.15) is 17.4 Å². The summed E-state index contributed by atoms with van der Waals surface area (Å²) in [5.74, 6) is 0.197. The fraction of sp³-hybridized carbons (Fsp3) is 0.111. The lowest BCUT2D eigenvalue weighted by Gasteiger charge is -2.07. The third-order valence-corrected chi connectivity index (χ3v) is 3.66. The molecule has 0 atom stereocenters. The van der Waals surface area contributed by atoms with Crippen molar-refractivity contribution in [3.8, 4) is 11.8 Å². The van der Waals surface area contributed by atoms with Crippen molar-refractivity contribution in [2.45, 2.75) is 6.92 Å². The molecule has 1 amide bonds. The van der Waals surface area contributed by atoms with Crippen LogP contribution < -0.4 is 10.1 Å². The Labute approximate surface area is 143 Å². The van der Waals surface area contributed by atoms with Gasteiger partial charge in [-0.05, 0) is 48.4 Å². The molecule has 0 saturated carbocycles. The summed E-state index contributed by atoms with van der Waals surface area (Å²) in [5.41, 5.74) is 2.34. The van der Waals surface area contributed by atoms with Crippen LogP contribution in [0.15, 0.2) is 52.5 Å². The number of methoxy groups -OCH3 is 1. The maximum atomic E-state index is 12.3. The number of nitrogens with one attached hydrogen (secondary N) is 1. The highest BCUT2D eigenvalue weighted by molar-refractivity contribution is 9.10. The van der Waals surface area contributed by atoms with Gasteiger partial charge in [0.25, 0.3) is 5.91 Å². The Morgan fingerprint density at radius 2 is 2.04 bits per heavy atom. The van der Waals surface area contributed by atoms with Gasteiger partial charge in [0.05, 0.1) is 7.11 Å². The summed E-state index contributed by atoms with van der Waals surface area (Å²) in [6.07, 6.45) is 1.53. The first-order chi connectivity index (χ1) is 11.0. The molecule has 0 saturated heterocycles. The standard InChI is InChI=1S/C18H15BrN2O2/c1-12-5-3-4-6-17(12)21-18(22)14(11-20)7-13-8-15(19)10-16(9-13)23-2/h3-10H,1-2H3,(H,21,22)/b14-7+. The number of nitriles is 1. The molecule has 0 heterocycles. The second-order valence-electron chi connectivity index (χ2n) is 4.86. The molecule has 2 aromatic rings. The van der Waals surface area contributed by atoms with Gasteiger partial charge in [-0.3, -0.25) is 4.79 Å². The summed E-state index contributed by atoms with van der Waals surface area (Å²) >= 11 is 3.37. The lowest BCUT2D eigenvalue weighted by atomic mass is 10.1. The number of amides is 1. The number of benzene rings is 2. The molecular weight excluding hydrogens is 356 g/mol. The van der Waals surface area contributed by atoms with Gasteiger partial charge >= 0.3 is 0 Å². The third kappa shape index (κ3) is 4.44. The van der Waals surface area contributed by atoms with E-state index in [9.17, 15) is 10.1 Å². The number of nitrogens with zero attached hydrogens (tertiary/aromatic N) is 1. The molecule has 0 aliphatic heterocycles. The Morgan fingerprint density at radius 3 is 2.70 bits per heavy atom. The first kappa shape index (κ1) is 16.8. The first-order valence-corrected chi connectivity index (χ1v) is 7.66. The molecule has 0 bridgehead atoms. The molecule has 2 rings (SSSR count). The number of aryl methyl sites for hydroxylation is 1. The SMILES string of the molecule is COc1cc(Br)cc(/C=C(\C#N)C(=O)Nc2ccccc2C)c1. The molecular formula is C18H15BrN2O2. The predicted molar refractivity (Wildman–Crippen MR) is 94.1 cm³/mol. The van der Waals surface area contributed by atoms with E-state index in [1.807, 2.05) is 31.2 Å². The molecule has 0 fully saturated rings. The number of halogens is 1. The van der Waals surface area contributed by atoms with Crippen LogP contribution in [0.4, 0.5) is 5.69 Å². The summed E-state index contributed by atoms with van der Waals surface area (Å²) in [6, 6.07) is 14.7. The molecule has 0 radical (unpaired) electrons. The van der Waals surface area contributed by atoms with Crippen molar-refractivity contribution >= 4 is 33.6 Å². The van der Waals surface area contributed by atoms with Crippen LogP contribution in [-0.4, -0.2) is 13.0 Å². The van der Waals surface area contributed by atoms with Crippen molar-refractivity contribution in [3.05, 3.63) is 63.6 Å². The number of anilines is 1. The van der Waals surface area contributed by atoms with Gasteiger partial charge < -0.3 is 10.1 Å². The Morgan fingerprint density at radius 1 is 1.30 bits per heavy atom. The number of carbonyl (C=O) groups is 1. The minimum Gasteiger partial charge on any atom is -0.497 e. The fourth-order valence-electron chi connectivity index (χ4n) is 2.00. The van der Waals surface area contributed by atoms with Gasteiger partial charge in [0.15, 0.2) is 0 Å². The first-order valence-electron chi connectivity index (χ1n) is 6.87. The van der Waals surface area contributed by atoms with E-state index in [4.69, 9.17) is 4.74 Å². The van der Waals surface area contributed by atoms with Crippen LogP contribution in [0.25, 0.3) is 6.08 Å². The summed E-state index contributed by atoms with van der Waals surface area (Å²) in [6.45, 7) is 1.89. The molecule has 5 heteroatoms. The zero-order valence-corrected chi connectivity index (χ0v) is 14.3. The second kappa shape index (κ2) is 7.61.